The largest absolute Gasteiger partial charge is 0.416 e. The van der Waals surface area contributed by atoms with Crippen LogP contribution in [0.15, 0.2) is 24.3 Å². The lowest BCUT2D eigenvalue weighted by atomic mass is 10.0. The maximum absolute atomic E-state index is 12.7. The molecule has 0 aliphatic carbocycles. The molecule has 0 aromatic heterocycles. The summed E-state index contributed by atoms with van der Waals surface area (Å²) in [6, 6.07) is 5.50. The van der Waals surface area contributed by atoms with Gasteiger partial charge in [-0.25, -0.2) is 0 Å². The van der Waals surface area contributed by atoms with E-state index in [1.54, 1.807) is 6.07 Å². The third-order valence-electron chi connectivity index (χ3n) is 4.01. The minimum Gasteiger partial charge on any atom is -0.310 e. The number of benzene rings is 1. The van der Waals surface area contributed by atoms with Crippen LogP contribution in [-0.4, -0.2) is 31.1 Å². The van der Waals surface area contributed by atoms with Crippen LogP contribution in [0.5, 0.6) is 0 Å². The molecule has 0 amide bonds. The van der Waals surface area contributed by atoms with Crippen LogP contribution in [0.1, 0.15) is 43.4 Å². The number of hydrogen-bond donors (Lipinski definition) is 1. The van der Waals surface area contributed by atoms with Crippen molar-refractivity contribution in [1.29, 1.82) is 0 Å². The molecular weight excluding hydrogens is 277 g/mol. The van der Waals surface area contributed by atoms with Gasteiger partial charge < -0.3 is 10.2 Å². The zero-order valence-corrected chi connectivity index (χ0v) is 12.4. The average Bonchev–Trinajstić information content (AvgIpc) is 2.96. The summed E-state index contributed by atoms with van der Waals surface area (Å²) < 4.78 is 38.1. The van der Waals surface area contributed by atoms with Crippen LogP contribution in [-0.2, 0) is 6.18 Å². The molecule has 0 spiro atoms. The van der Waals surface area contributed by atoms with E-state index in [-0.39, 0.29) is 6.04 Å². The minimum atomic E-state index is -4.27. The fourth-order valence-electron chi connectivity index (χ4n) is 2.73. The van der Waals surface area contributed by atoms with E-state index in [9.17, 15) is 13.2 Å². The fourth-order valence-corrected chi connectivity index (χ4v) is 2.73. The van der Waals surface area contributed by atoms with Gasteiger partial charge in [-0.1, -0.05) is 12.1 Å². The molecule has 1 saturated heterocycles. The van der Waals surface area contributed by atoms with Crippen LogP contribution >= 0.6 is 0 Å². The molecule has 1 fully saturated rings. The summed E-state index contributed by atoms with van der Waals surface area (Å²) in [5.74, 6) is 0. The fraction of sp³-hybridized carbons (Fsp3) is 0.625. The van der Waals surface area contributed by atoms with Gasteiger partial charge in [0.25, 0.3) is 0 Å². The molecule has 0 saturated carbocycles. The van der Waals surface area contributed by atoms with Crippen molar-refractivity contribution >= 4 is 0 Å². The van der Waals surface area contributed by atoms with Gasteiger partial charge in [0.15, 0.2) is 0 Å². The van der Waals surface area contributed by atoms with Gasteiger partial charge in [0.05, 0.1) is 5.56 Å². The highest BCUT2D eigenvalue weighted by Gasteiger charge is 2.30. The number of rotatable bonds is 6. The second kappa shape index (κ2) is 7.27. The summed E-state index contributed by atoms with van der Waals surface area (Å²) >= 11 is 0. The molecule has 1 aliphatic heterocycles. The summed E-state index contributed by atoms with van der Waals surface area (Å²) in [6.45, 7) is 6.17. The standard InChI is InChI=1S/C16H23F3N2/c1-13(20-8-5-11-21-9-2-3-10-21)14-6-4-7-15(12-14)16(17,18)19/h4,6-7,12-13,20H,2-3,5,8-11H2,1H3. The van der Waals surface area contributed by atoms with Crippen molar-refractivity contribution < 1.29 is 13.2 Å². The van der Waals surface area contributed by atoms with Gasteiger partial charge in [0.1, 0.15) is 0 Å². The van der Waals surface area contributed by atoms with Crippen LogP contribution in [0.2, 0.25) is 0 Å². The van der Waals surface area contributed by atoms with Gasteiger partial charge in [-0.3, -0.25) is 0 Å². The van der Waals surface area contributed by atoms with Crippen LogP contribution in [0.3, 0.4) is 0 Å². The summed E-state index contributed by atoms with van der Waals surface area (Å²) in [4.78, 5) is 2.44. The minimum absolute atomic E-state index is 0.0640. The SMILES string of the molecule is CC(NCCCN1CCCC1)c1cccc(C(F)(F)F)c1. The second-order valence-electron chi connectivity index (χ2n) is 5.70. The third kappa shape index (κ3) is 5.00. The maximum atomic E-state index is 12.7. The lowest BCUT2D eigenvalue weighted by Gasteiger charge is -2.18. The molecule has 0 bridgehead atoms. The Bertz CT molecular complexity index is 439. The first kappa shape index (κ1) is 16.3. The van der Waals surface area contributed by atoms with Crippen molar-refractivity contribution in [2.24, 2.45) is 0 Å². The zero-order valence-electron chi connectivity index (χ0n) is 12.4. The summed E-state index contributed by atoms with van der Waals surface area (Å²) in [5, 5.41) is 3.31. The van der Waals surface area contributed by atoms with E-state index < -0.39 is 11.7 Å². The van der Waals surface area contributed by atoms with Crippen molar-refractivity contribution in [3.63, 3.8) is 0 Å². The Kier molecular flexibility index (Phi) is 5.65. The first-order valence-electron chi connectivity index (χ1n) is 7.60. The molecule has 1 unspecified atom stereocenters. The van der Waals surface area contributed by atoms with Gasteiger partial charge in [-0.05, 0) is 70.1 Å². The Balaban J connectivity index is 1.78. The summed E-state index contributed by atoms with van der Waals surface area (Å²) in [5.41, 5.74) is 0.108. The highest BCUT2D eigenvalue weighted by molar-refractivity contribution is 5.27. The summed E-state index contributed by atoms with van der Waals surface area (Å²) in [6.07, 6.45) is -0.670. The van der Waals surface area contributed by atoms with Crippen LogP contribution < -0.4 is 5.32 Å². The van der Waals surface area contributed by atoms with E-state index in [4.69, 9.17) is 0 Å². The number of hydrogen-bond acceptors (Lipinski definition) is 2. The number of likely N-dealkylation sites (tertiary alicyclic amines) is 1. The lowest BCUT2D eigenvalue weighted by Crippen LogP contribution is -2.26. The predicted octanol–water partition coefficient (Wildman–Crippen LogP) is 3.84. The molecule has 1 aliphatic rings. The van der Waals surface area contributed by atoms with Gasteiger partial charge in [0.2, 0.25) is 0 Å². The lowest BCUT2D eigenvalue weighted by molar-refractivity contribution is -0.137. The molecule has 2 rings (SSSR count). The Hall–Kier alpha value is -1.07. The average molecular weight is 300 g/mol. The topological polar surface area (TPSA) is 15.3 Å². The van der Waals surface area contributed by atoms with Crippen molar-refractivity contribution in [3.8, 4) is 0 Å². The Morgan fingerprint density at radius 3 is 2.62 bits per heavy atom. The van der Waals surface area contributed by atoms with Gasteiger partial charge in [-0.15, -0.1) is 0 Å². The molecular formula is C16H23F3N2. The first-order chi connectivity index (χ1) is 9.97. The van der Waals surface area contributed by atoms with E-state index in [1.807, 2.05) is 6.92 Å². The van der Waals surface area contributed by atoms with E-state index >= 15 is 0 Å². The zero-order chi connectivity index (χ0) is 15.3. The maximum Gasteiger partial charge on any atom is 0.416 e. The molecule has 2 nitrogen and oxygen atoms in total. The molecule has 5 heteroatoms. The number of nitrogens with one attached hydrogen (secondary N) is 1. The van der Waals surface area contributed by atoms with Crippen LogP contribution in [0, 0.1) is 0 Å². The molecule has 0 radical (unpaired) electrons. The molecule has 1 aromatic rings. The smallest absolute Gasteiger partial charge is 0.310 e. The monoisotopic (exact) mass is 300 g/mol. The Morgan fingerprint density at radius 1 is 1.24 bits per heavy atom. The van der Waals surface area contributed by atoms with E-state index in [1.165, 1.54) is 38.1 Å². The highest BCUT2D eigenvalue weighted by atomic mass is 19.4. The third-order valence-corrected chi connectivity index (χ3v) is 4.01. The van der Waals surface area contributed by atoms with E-state index in [0.717, 1.165) is 25.6 Å². The van der Waals surface area contributed by atoms with E-state index in [0.29, 0.717) is 5.56 Å². The molecule has 1 aromatic carbocycles. The molecule has 21 heavy (non-hydrogen) atoms. The highest BCUT2D eigenvalue weighted by Crippen LogP contribution is 2.30. The quantitative estimate of drug-likeness (QED) is 0.803. The number of nitrogens with zero attached hydrogens (tertiary/aromatic N) is 1. The predicted molar refractivity (Wildman–Crippen MR) is 78.2 cm³/mol. The summed E-state index contributed by atoms with van der Waals surface area (Å²) in [7, 11) is 0. The number of halogens is 3. The van der Waals surface area contributed by atoms with Crippen molar-refractivity contribution in [1.82, 2.24) is 10.2 Å². The van der Waals surface area contributed by atoms with Gasteiger partial charge in [-0.2, -0.15) is 13.2 Å². The van der Waals surface area contributed by atoms with Crippen molar-refractivity contribution in [2.45, 2.75) is 38.4 Å². The van der Waals surface area contributed by atoms with Crippen molar-refractivity contribution in [2.75, 3.05) is 26.2 Å². The normalized spacial score (nSPS) is 18.1. The molecule has 118 valence electrons. The Labute approximate surface area is 124 Å². The molecule has 1 atom stereocenters. The first-order valence-corrected chi connectivity index (χ1v) is 7.60. The molecule has 1 N–H and O–H groups in total. The van der Waals surface area contributed by atoms with E-state index in [2.05, 4.69) is 10.2 Å². The van der Waals surface area contributed by atoms with Gasteiger partial charge >= 0.3 is 6.18 Å². The molecule has 1 heterocycles. The van der Waals surface area contributed by atoms with Gasteiger partial charge in [0, 0.05) is 6.04 Å². The number of alkyl halides is 3. The van der Waals surface area contributed by atoms with Crippen molar-refractivity contribution in [3.05, 3.63) is 35.4 Å². The van der Waals surface area contributed by atoms with Crippen LogP contribution in [0.25, 0.3) is 0 Å². The second-order valence-corrected chi connectivity index (χ2v) is 5.70. The Morgan fingerprint density at radius 2 is 1.95 bits per heavy atom. The van der Waals surface area contributed by atoms with Crippen LogP contribution in [0.4, 0.5) is 13.2 Å².